The minimum absolute atomic E-state index is 0.0818. The van der Waals surface area contributed by atoms with E-state index in [1.54, 1.807) is 0 Å². The third-order valence-electron chi connectivity index (χ3n) is 5.42. The first kappa shape index (κ1) is 15.3. The number of hydrogen-bond donors (Lipinski definition) is 1. The van der Waals surface area contributed by atoms with Crippen molar-refractivity contribution in [2.45, 2.75) is 83.3 Å². The van der Waals surface area contributed by atoms with Crippen LogP contribution < -0.4 is 0 Å². The van der Waals surface area contributed by atoms with Crippen LogP contribution in [0, 0.1) is 11.8 Å². The molecule has 2 fully saturated rings. The topological polar surface area (TPSA) is 23.5 Å². The third kappa shape index (κ3) is 4.46. The van der Waals surface area contributed by atoms with Crippen LogP contribution in [0.15, 0.2) is 0 Å². The van der Waals surface area contributed by atoms with E-state index in [-0.39, 0.29) is 6.10 Å². The molecule has 2 heteroatoms. The summed E-state index contributed by atoms with van der Waals surface area (Å²) in [5.74, 6) is 1.74. The highest BCUT2D eigenvalue weighted by Crippen LogP contribution is 2.32. The summed E-state index contributed by atoms with van der Waals surface area (Å²) in [6.07, 6.45) is 13.1. The molecule has 0 aromatic heterocycles. The van der Waals surface area contributed by atoms with Crippen LogP contribution in [-0.2, 0) is 0 Å². The molecule has 2 rings (SSSR count). The lowest BCUT2D eigenvalue weighted by Crippen LogP contribution is -2.47. The third-order valence-corrected chi connectivity index (χ3v) is 5.42. The van der Waals surface area contributed by atoms with Crippen LogP contribution in [-0.4, -0.2) is 35.7 Å². The van der Waals surface area contributed by atoms with E-state index in [2.05, 4.69) is 18.9 Å². The Morgan fingerprint density at radius 3 is 2.42 bits per heavy atom. The fraction of sp³-hybridized carbons (Fsp3) is 1.00. The lowest BCUT2D eigenvalue weighted by molar-refractivity contribution is 0.00501. The first-order chi connectivity index (χ1) is 9.20. The van der Waals surface area contributed by atoms with Gasteiger partial charge in [-0.1, -0.05) is 39.0 Å². The van der Waals surface area contributed by atoms with Crippen molar-refractivity contribution in [2.75, 3.05) is 13.6 Å². The number of likely N-dealkylation sites (N-methyl/N-ethyl adjacent to an activating group) is 1. The van der Waals surface area contributed by atoms with Crippen molar-refractivity contribution in [3.63, 3.8) is 0 Å². The average Bonchev–Trinajstić information content (AvgIpc) is 2.42. The van der Waals surface area contributed by atoms with Crippen LogP contribution in [0.2, 0.25) is 0 Å². The van der Waals surface area contributed by atoms with Crippen molar-refractivity contribution >= 4 is 0 Å². The van der Waals surface area contributed by atoms with Crippen LogP contribution in [0.5, 0.6) is 0 Å². The molecule has 0 amide bonds. The molecule has 1 N–H and O–H groups in total. The molecule has 0 radical (unpaired) electrons. The van der Waals surface area contributed by atoms with Crippen LogP contribution in [0.1, 0.15) is 71.1 Å². The molecule has 0 bridgehead atoms. The Morgan fingerprint density at radius 2 is 1.74 bits per heavy atom. The standard InChI is InChI=1S/C17H33NO/c1-3-7-14-10-11-17(19)16(12-14)18(2)13-15-8-5-4-6-9-15/h14-17,19H,3-13H2,1-2H3. The van der Waals surface area contributed by atoms with Gasteiger partial charge in [-0.2, -0.15) is 0 Å². The quantitative estimate of drug-likeness (QED) is 0.818. The number of rotatable bonds is 5. The van der Waals surface area contributed by atoms with Gasteiger partial charge in [0, 0.05) is 12.6 Å². The summed E-state index contributed by atoms with van der Waals surface area (Å²) >= 11 is 0. The molecule has 2 aliphatic rings. The van der Waals surface area contributed by atoms with Crippen LogP contribution in [0.3, 0.4) is 0 Å². The van der Waals surface area contributed by atoms with Gasteiger partial charge >= 0.3 is 0 Å². The Balaban J connectivity index is 1.82. The Kier molecular flexibility index (Phi) is 6.15. The summed E-state index contributed by atoms with van der Waals surface area (Å²) in [4.78, 5) is 2.49. The lowest BCUT2D eigenvalue weighted by atomic mass is 9.80. The molecule has 0 spiro atoms. The van der Waals surface area contributed by atoms with Gasteiger partial charge in [-0.05, 0) is 51.0 Å². The van der Waals surface area contributed by atoms with Crippen molar-refractivity contribution in [3.05, 3.63) is 0 Å². The first-order valence-corrected chi connectivity index (χ1v) is 8.59. The second-order valence-corrected chi connectivity index (χ2v) is 7.05. The van der Waals surface area contributed by atoms with E-state index in [0.29, 0.717) is 6.04 Å². The number of nitrogens with zero attached hydrogens (tertiary/aromatic N) is 1. The fourth-order valence-electron chi connectivity index (χ4n) is 4.27. The number of aliphatic hydroxyl groups is 1. The maximum Gasteiger partial charge on any atom is 0.0695 e. The van der Waals surface area contributed by atoms with E-state index in [9.17, 15) is 5.11 Å². The Bertz CT molecular complexity index is 250. The van der Waals surface area contributed by atoms with Crippen molar-refractivity contribution in [1.29, 1.82) is 0 Å². The molecular formula is C17H33NO. The zero-order valence-corrected chi connectivity index (χ0v) is 13.0. The molecule has 2 aliphatic carbocycles. The number of aliphatic hydroxyl groups excluding tert-OH is 1. The van der Waals surface area contributed by atoms with Crippen LogP contribution >= 0.6 is 0 Å². The highest BCUT2D eigenvalue weighted by atomic mass is 16.3. The highest BCUT2D eigenvalue weighted by Gasteiger charge is 2.32. The molecule has 0 heterocycles. The van der Waals surface area contributed by atoms with E-state index in [4.69, 9.17) is 0 Å². The maximum atomic E-state index is 10.3. The average molecular weight is 267 g/mol. The predicted octanol–water partition coefficient (Wildman–Crippen LogP) is 3.83. The zero-order valence-electron chi connectivity index (χ0n) is 13.0. The molecule has 0 saturated heterocycles. The van der Waals surface area contributed by atoms with E-state index < -0.39 is 0 Å². The van der Waals surface area contributed by atoms with Gasteiger partial charge in [-0.3, -0.25) is 0 Å². The fourth-order valence-corrected chi connectivity index (χ4v) is 4.27. The summed E-state index contributed by atoms with van der Waals surface area (Å²) in [5, 5.41) is 10.3. The summed E-state index contributed by atoms with van der Waals surface area (Å²) < 4.78 is 0. The van der Waals surface area contributed by atoms with Crippen molar-refractivity contribution in [3.8, 4) is 0 Å². The van der Waals surface area contributed by atoms with Crippen molar-refractivity contribution in [1.82, 2.24) is 4.90 Å². The van der Waals surface area contributed by atoms with Crippen molar-refractivity contribution in [2.24, 2.45) is 11.8 Å². The molecular weight excluding hydrogens is 234 g/mol. The van der Waals surface area contributed by atoms with Gasteiger partial charge in [0.05, 0.1) is 6.10 Å². The molecule has 19 heavy (non-hydrogen) atoms. The normalized spacial score (nSPS) is 33.8. The summed E-state index contributed by atoms with van der Waals surface area (Å²) in [7, 11) is 2.25. The van der Waals surface area contributed by atoms with Gasteiger partial charge in [0.25, 0.3) is 0 Å². The van der Waals surface area contributed by atoms with Crippen LogP contribution in [0.4, 0.5) is 0 Å². The Morgan fingerprint density at radius 1 is 1.00 bits per heavy atom. The minimum Gasteiger partial charge on any atom is -0.391 e. The largest absolute Gasteiger partial charge is 0.391 e. The van der Waals surface area contributed by atoms with Crippen molar-refractivity contribution < 1.29 is 5.11 Å². The monoisotopic (exact) mass is 267 g/mol. The van der Waals surface area contributed by atoms with Gasteiger partial charge in [0.1, 0.15) is 0 Å². The van der Waals surface area contributed by atoms with E-state index in [0.717, 1.165) is 18.3 Å². The summed E-state index contributed by atoms with van der Waals surface area (Å²) in [6.45, 7) is 3.49. The van der Waals surface area contributed by atoms with Gasteiger partial charge in [0.2, 0.25) is 0 Å². The van der Waals surface area contributed by atoms with E-state index in [1.165, 1.54) is 64.3 Å². The van der Waals surface area contributed by atoms with E-state index in [1.807, 2.05) is 0 Å². The highest BCUT2D eigenvalue weighted by molar-refractivity contribution is 4.86. The molecule has 0 aromatic carbocycles. The number of hydrogen-bond acceptors (Lipinski definition) is 2. The van der Waals surface area contributed by atoms with Gasteiger partial charge in [-0.15, -0.1) is 0 Å². The SMILES string of the molecule is CCCC1CCC(O)C(N(C)CC2CCCCC2)C1. The van der Waals surface area contributed by atoms with Gasteiger partial charge in [0.15, 0.2) is 0 Å². The molecule has 3 unspecified atom stereocenters. The summed E-state index contributed by atoms with van der Waals surface area (Å²) in [5.41, 5.74) is 0. The maximum absolute atomic E-state index is 10.3. The summed E-state index contributed by atoms with van der Waals surface area (Å²) in [6, 6.07) is 0.423. The molecule has 112 valence electrons. The Hall–Kier alpha value is -0.0800. The molecule has 3 atom stereocenters. The first-order valence-electron chi connectivity index (χ1n) is 8.59. The second-order valence-electron chi connectivity index (χ2n) is 7.05. The lowest BCUT2D eigenvalue weighted by Gasteiger charge is -2.40. The zero-order chi connectivity index (χ0) is 13.7. The molecule has 0 aromatic rings. The smallest absolute Gasteiger partial charge is 0.0695 e. The molecule has 2 nitrogen and oxygen atoms in total. The van der Waals surface area contributed by atoms with Crippen LogP contribution in [0.25, 0.3) is 0 Å². The second kappa shape index (κ2) is 7.64. The molecule has 0 aliphatic heterocycles. The van der Waals surface area contributed by atoms with E-state index >= 15 is 0 Å². The minimum atomic E-state index is -0.0818. The van der Waals surface area contributed by atoms with Gasteiger partial charge in [-0.25, -0.2) is 0 Å². The van der Waals surface area contributed by atoms with Gasteiger partial charge < -0.3 is 10.0 Å². The predicted molar refractivity (Wildman–Crippen MR) is 81.2 cm³/mol. The molecule has 2 saturated carbocycles. The Labute approximate surface area is 119 Å².